The quantitative estimate of drug-likeness (QED) is 0.269. The van der Waals surface area contributed by atoms with E-state index in [9.17, 15) is 4.79 Å². The molecule has 3 aliphatic rings. The number of nitrogens with one attached hydrogen (secondary N) is 3. The van der Waals surface area contributed by atoms with Gasteiger partial charge in [-0.2, -0.15) is 0 Å². The molecule has 5 aromatic rings. The molecule has 37 heavy (non-hydrogen) atoms. The highest BCUT2D eigenvalue weighted by Gasteiger charge is 2.35. The topological polar surface area (TPSA) is 76.8 Å². The van der Waals surface area contributed by atoms with Crippen LogP contribution in [0, 0.1) is 12.8 Å². The number of imidazole rings is 1. The summed E-state index contributed by atoms with van der Waals surface area (Å²) in [4.78, 5) is 27.5. The van der Waals surface area contributed by atoms with Crippen molar-refractivity contribution in [3.8, 4) is 22.5 Å². The van der Waals surface area contributed by atoms with Crippen molar-refractivity contribution in [1.29, 1.82) is 0 Å². The Morgan fingerprint density at radius 2 is 1.76 bits per heavy atom. The van der Waals surface area contributed by atoms with Crippen LogP contribution in [-0.4, -0.2) is 45.5 Å². The molecule has 0 unspecified atom stereocenters. The van der Waals surface area contributed by atoms with Gasteiger partial charge in [0.1, 0.15) is 11.4 Å². The van der Waals surface area contributed by atoms with Gasteiger partial charge in [-0.25, -0.2) is 4.98 Å². The van der Waals surface area contributed by atoms with Crippen LogP contribution in [-0.2, 0) is 0 Å². The number of anilines is 1. The second kappa shape index (κ2) is 8.75. The first-order valence-electron chi connectivity index (χ1n) is 12.9. The van der Waals surface area contributed by atoms with E-state index in [1.165, 1.54) is 12.8 Å². The molecule has 5 heterocycles. The van der Waals surface area contributed by atoms with Crippen LogP contribution in [0.3, 0.4) is 0 Å². The van der Waals surface area contributed by atoms with E-state index in [2.05, 4.69) is 45.3 Å². The third-order valence-electron chi connectivity index (χ3n) is 8.15. The summed E-state index contributed by atoms with van der Waals surface area (Å²) >= 11 is 6.80. The summed E-state index contributed by atoms with van der Waals surface area (Å²) < 4.78 is 0. The lowest BCUT2D eigenvalue weighted by Gasteiger charge is -2.45. The molecule has 6 nitrogen and oxygen atoms in total. The molecule has 7 heteroatoms. The molecule has 0 amide bonds. The van der Waals surface area contributed by atoms with Crippen LogP contribution in [0.15, 0.2) is 65.5 Å². The highest BCUT2D eigenvalue weighted by Crippen LogP contribution is 2.40. The van der Waals surface area contributed by atoms with Crippen molar-refractivity contribution in [2.24, 2.45) is 5.92 Å². The average molecular weight is 510 g/mol. The number of nitrogens with zero attached hydrogens (tertiary/aromatic N) is 2. The van der Waals surface area contributed by atoms with Crippen LogP contribution < -0.4 is 10.9 Å². The van der Waals surface area contributed by atoms with E-state index in [1.54, 1.807) is 0 Å². The minimum Gasteiger partial charge on any atom is -0.379 e. The molecule has 186 valence electrons. The van der Waals surface area contributed by atoms with Gasteiger partial charge in [-0.1, -0.05) is 48.0 Å². The highest BCUT2D eigenvalue weighted by atomic mass is 35.5. The van der Waals surface area contributed by atoms with E-state index >= 15 is 0 Å². The van der Waals surface area contributed by atoms with Gasteiger partial charge in [0.05, 0.1) is 27.3 Å². The number of fused-ring (bicyclic) bond motifs is 5. The minimum atomic E-state index is -0.185. The summed E-state index contributed by atoms with van der Waals surface area (Å²) in [5, 5.41) is 5.41. The fraction of sp³-hybridized carbons (Fsp3) is 0.267. The molecule has 3 fully saturated rings. The Hall–Kier alpha value is -3.61. The normalized spacial score (nSPS) is 21.1. The number of aryl methyl sites for hydroxylation is 1. The number of hydrogen-bond acceptors (Lipinski definition) is 4. The maximum Gasteiger partial charge on any atom is 0.261 e. The lowest BCUT2D eigenvalue weighted by molar-refractivity contribution is 0.0976. The number of pyridine rings is 1. The van der Waals surface area contributed by atoms with Gasteiger partial charge in [0, 0.05) is 23.5 Å². The van der Waals surface area contributed by atoms with Crippen LogP contribution in [0.5, 0.6) is 0 Å². The first kappa shape index (κ1) is 22.6. The number of rotatable bonds is 4. The third-order valence-corrected chi connectivity index (χ3v) is 8.46. The molecule has 0 spiro atoms. The third kappa shape index (κ3) is 3.83. The number of benzene rings is 3. The Bertz CT molecular complexity index is 1680. The van der Waals surface area contributed by atoms with Gasteiger partial charge in [-0.15, -0.1) is 0 Å². The van der Waals surface area contributed by atoms with Gasteiger partial charge in [0.15, 0.2) is 0 Å². The molecular weight excluding hydrogens is 482 g/mol. The van der Waals surface area contributed by atoms with Gasteiger partial charge in [-0.3, -0.25) is 4.79 Å². The fourth-order valence-electron chi connectivity index (χ4n) is 6.16. The minimum absolute atomic E-state index is 0.185. The summed E-state index contributed by atoms with van der Waals surface area (Å²) in [6.45, 7) is 5.39. The molecule has 3 N–H and O–H groups in total. The second-order valence-corrected chi connectivity index (χ2v) is 10.8. The summed E-state index contributed by atoms with van der Waals surface area (Å²) in [7, 11) is 0. The lowest BCUT2D eigenvalue weighted by Crippen LogP contribution is -2.53. The second-order valence-electron chi connectivity index (χ2n) is 10.4. The summed E-state index contributed by atoms with van der Waals surface area (Å²) in [5.74, 6) is 1.16. The van der Waals surface area contributed by atoms with Crippen molar-refractivity contribution in [3.63, 3.8) is 0 Å². The molecule has 0 saturated carbocycles. The molecule has 0 aliphatic carbocycles. The SMILES string of the molecule is Cc1ccccc1-c1cc2c(N[C@H]3CN4CCC3CC4)c(-c3nc4ccccc4[nH]3)c(=O)[nH]c2cc1Cl. The number of para-hydroxylation sites is 2. The number of halogens is 1. The molecular formula is C30H28ClN5O. The molecule has 8 rings (SSSR count). The zero-order valence-electron chi connectivity index (χ0n) is 20.6. The maximum atomic E-state index is 13.6. The van der Waals surface area contributed by atoms with Crippen molar-refractivity contribution in [2.75, 3.05) is 25.0 Å². The molecule has 0 radical (unpaired) electrons. The first-order chi connectivity index (χ1) is 18.0. The zero-order valence-corrected chi connectivity index (χ0v) is 21.4. The number of H-pyrrole nitrogens is 2. The average Bonchev–Trinajstić information content (AvgIpc) is 3.33. The first-order valence-corrected chi connectivity index (χ1v) is 13.3. The van der Waals surface area contributed by atoms with E-state index in [0.29, 0.717) is 22.3 Å². The Kier molecular flexibility index (Phi) is 5.34. The molecule has 3 aliphatic heterocycles. The standard InChI is InChI=1S/C30H28ClN5O/c1-17-6-2-3-7-19(17)20-14-21-25(15-22(20)31)35-30(37)27(29-33-23-8-4-5-9-24(23)34-29)28(21)32-26-16-36-12-10-18(26)11-13-36/h2-9,14-15,18,26H,10-13,16H2,1H3,(H,33,34)(H2,32,35,37)/t26-/m0/s1. The zero-order chi connectivity index (χ0) is 25.1. The fourth-order valence-corrected chi connectivity index (χ4v) is 6.42. The Balaban J connectivity index is 1.48. The van der Waals surface area contributed by atoms with E-state index in [-0.39, 0.29) is 11.6 Å². The number of piperidine rings is 3. The Labute approximate surface area is 219 Å². The van der Waals surface area contributed by atoms with E-state index in [4.69, 9.17) is 16.6 Å². The van der Waals surface area contributed by atoms with Crippen molar-refractivity contribution in [3.05, 3.63) is 81.6 Å². The molecule has 2 aromatic heterocycles. The smallest absolute Gasteiger partial charge is 0.261 e. The number of aromatic nitrogens is 3. The van der Waals surface area contributed by atoms with Crippen LogP contribution >= 0.6 is 11.6 Å². The molecule has 3 saturated heterocycles. The molecule has 2 bridgehead atoms. The van der Waals surface area contributed by atoms with Gasteiger partial charge < -0.3 is 20.2 Å². The van der Waals surface area contributed by atoms with Gasteiger partial charge in [-0.05, 0) is 74.2 Å². The predicted octanol–water partition coefficient (Wildman–Crippen LogP) is 6.21. The van der Waals surface area contributed by atoms with Gasteiger partial charge in [0.25, 0.3) is 5.56 Å². The Morgan fingerprint density at radius 1 is 0.973 bits per heavy atom. The van der Waals surface area contributed by atoms with E-state index < -0.39 is 0 Å². The van der Waals surface area contributed by atoms with Crippen molar-refractivity contribution in [2.45, 2.75) is 25.8 Å². The summed E-state index contributed by atoms with van der Waals surface area (Å²) in [6.07, 6.45) is 2.36. The molecule has 3 aromatic carbocycles. The summed E-state index contributed by atoms with van der Waals surface area (Å²) in [5.41, 5.74) is 6.82. The highest BCUT2D eigenvalue weighted by molar-refractivity contribution is 6.34. The van der Waals surface area contributed by atoms with Crippen LogP contribution in [0.1, 0.15) is 18.4 Å². The maximum absolute atomic E-state index is 13.6. The molecule has 1 atom stereocenters. The summed E-state index contributed by atoms with van der Waals surface area (Å²) in [6, 6.07) is 20.4. The van der Waals surface area contributed by atoms with Gasteiger partial charge in [0.2, 0.25) is 0 Å². The van der Waals surface area contributed by atoms with Crippen LogP contribution in [0.25, 0.3) is 44.5 Å². The van der Waals surface area contributed by atoms with Gasteiger partial charge >= 0.3 is 0 Å². The number of aromatic amines is 2. The predicted molar refractivity (Wildman–Crippen MR) is 151 cm³/mol. The van der Waals surface area contributed by atoms with E-state index in [0.717, 1.165) is 63.9 Å². The van der Waals surface area contributed by atoms with Crippen LogP contribution in [0.2, 0.25) is 5.02 Å². The Morgan fingerprint density at radius 3 is 2.51 bits per heavy atom. The van der Waals surface area contributed by atoms with E-state index in [1.807, 2.05) is 42.5 Å². The number of hydrogen-bond donors (Lipinski definition) is 3. The van der Waals surface area contributed by atoms with Crippen LogP contribution in [0.4, 0.5) is 5.69 Å². The monoisotopic (exact) mass is 509 g/mol. The lowest BCUT2D eigenvalue weighted by atomic mass is 9.83. The largest absolute Gasteiger partial charge is 0.379 e. The van der Waals surface area contributed by atoms with Crippen molar-refractivity contribution in [1.82, 2.24) is 19.9 Å². The van der Waals surface area contributed by atoms with Crippen molar-refractivity contribution < 1.29 is 0 Å². The van der Waals surface area contributed by atoms with Crippen molar-refractivity contribution >= 4 is 39.2 Å².